The predicted octanol–water partition coefficient (Wildman–Crippen LogP) is 2.09. The first-order valence-electron chi connectivity index (χ1n) is 3.61. The molecule has 1 N–H and O–H groups in total. The Kier molecular flexibility index (Phi) is 4.54. The van der Waals surface area contributed by atoms with Crippen LogP contribution in [-0.2, 0) is 0 Å². The first-order chi connectivity index (χ1) is 6.15. The Bertz CT molecular complexity index is 344. The molecule has 1 atom stereocenters. The quantitative estimate of drug-likeness (QED) is 0.399. The molecule has 0 bridgehead atoms. The molecular weight excluding hydrogens is 323 g/mol. The summed E-state index contributed by atoms with van der Waals surface area (Å²) in [5.74, 6) is 0.551. The van der Waals surface area contributed by atoms with Crippen LogP contribution in [0.4, 0.5) is 0 Å². The molecule has 6 heteroatoms. The van der Waals surface area contributed by atoms with Gasteiger partial charge in [0.1, 0.15) is 8.60 Å². The molecule has 1 aromatic heterocycles. The lowest BCUT2D eigenvalue weighted by Gasteiger charge is -2.06. The second kappa shape index (κ2) is 5.21. The summed E-state index contributed by atoms with van der Waals surface area (Å²) in [6.07, 6.45) is 1.41. The lowest BCUT2D eigenvalue weighted by Crippen LogP contribution is -2.12. The van der Waals surface area contributed by atoms with E-state index in [1.54, 1.807) is 0 Å². The molecule has 0 aliphatic carbocycles. The van der Waals surface area contributed by atoms with E-state index < -0.39 is 0 Å². The minimum atomic E-state index is -0.0973. The van der Waals surface area contributed by atoms with E-state index in [9.17, 15) is 4.79 Å². The summed E-state index contributed by atoms with van der Waals surface area (Å²) in [5, 5.41) is 1.02. The number of alkyl halides is 1. The zero-order chi connectivity index (χ0) is 9.84. The van der Waals surface area contributed by atoms with Crippen LogP contribution < -0.4 is 5.56 Å². The second-order valence-corrected chi connectivity index (χ2v) is 5.25. The smallest absolute Gasteiger partial charge is 0.265 e. The van der Waals surface area contributed by atoms with Crippen molar-refractivity contribution in [2.75, 3.05) is 5.88 Å². The van der Waals surface area contributed by atoms with E-state index >= 15 is 0 Å². The fourth-order valence-corrected chi connectivity index (χ4v) is 2.29. The Morgan fingerprint density at radius 2 is 2.54 bits per heavy atom. The van der Waals surface area contributed by atoms with Gasteiger partial charge in [0.25, 0.3) is 5.56 Å². The van der Waals surface area contributed by atoms with Crippen molar-refractivity contribution in [2.45, 2.75) is 17.2 Å². The summed E-state index contributed by atoms with van der Waals surface area (Å²) in [7, 11) is 0. The fourth-order valence-electron chi connectivity index (χ4n) is 0.671. The molecule has 0 aliphatic heterocycles. The Morgan fingerprint density at radius 3 is 3.15 bits per heavy atom. The molecule has 0 saturated carbocycles. The van der Waals surface area contributed by atoms with E-state index in [2.05, 4.69) is 9.97 Å². The monoisotopic (exact) mass is 330 g/mol. The van der Waals surface area contributed by atoms with Crippen molar-refractivity contribution in [1.29, 1.82) is 0 Å². The molecule has 1 aromatic rings. The maximum absolute atomic E-state index is 11.2. The van der Waals surface area contributed by atoms with Gasteiger partial charge in [-0.05, 0) is 22.6 Å². The van der Waals surface area contributed by atoms with Crippen LogP contribution in [0, 0.1) is 3.57 Å². The maximum Gasteiger partial charge on any atom is 0.265 e. The summed E-state index contributed by atoms with van der Waals surface area (Å²) in [4.78, 5) is 17.7. The molecule has 0 fully saturated rings. The molecule has 0 radical (unpaired) electrons. The predicted molar refractivity (Wildman–Crippen MR) is 63.6 cm³/mol. The average Bonchev–Trinajstić information content (AvgIpc) is 2.13. The molecule has 0 spiro atoms. The van der Waals surface area contributed by atoms with Crippen LogP contribution in [0.2, 0.25) is 0 Å². The number of nitrogens with one attached hydrogen (secondary N) is 1. The first-order valence-corrected chi connectivity index (χ1v) is 6.10. The third-order valence-electron chi connectivity index (χ3n) is 1.29. The normalized spacial score (nSPS) is 12.8. The highest BCUT2D eigenvalue weighted by molar-refractivity contribution is 14.1. The van der Waals surface area contributed by atoms with Crippen LogP contribution in [0.15, 0.2) is 16.1 Å². The van der Waals surface area contributed by atoms with Crippen molar-refractivity contribution in [2.24, 2.45) is 0 Å². The zero-order valence-electron chi connectivity index (χ0n) is 6.88. The standard InChI is InChI=1S/C7H8ClIN2OS/c1-4(2-8)13-7-5(9)6(12)10-3-11-7/h3-4H,2H2,1H3,(H,10,11,12). The number of H-pyrrole nitrogens is 1. The number of aromatic nitrogens is 2. The number of hydrogen-bond donors (Lipinski definition) is 1. The van der Waals surface area contributed by atoms with Crippen molar-refractivity contribution in [3.05, 3.63) is 20.3 Å². The van der Waals surface area contributed by atoms with E-state index in [1.165, 1.54) is 18.1 Å². The van der Waals surface area contributed by atoms with Crippen LogP contribution in [-0.4, -0.2) is 21.1 Å². The number of thioether (sulfide) groups is 1. The third kappa shape index (κ3) is 3.14. The first kappa shape index (κ1) is 11.3. The summed E-state index contributed by atoms with van der Waals surface area (Å²) in [6, 6.07) is 0. The van der Waals surface area contributed by atoms with E-state index in [0.29, 0.717) is 9.45 Å². The summed E-state index contributed by atoms with van der Waals surface area (Å²) >= 11 is 9.16. The topological polar surface area (TPSA) is 45.8 Å². The van der Waals surface area contributed by atoms with Gasteiger partial charge in [0, 0.05) is 11.1 Å². The van der Waals surface area contributed by atoms with Gasteiger partial charge in [0.2, 0.25) is 0 Å². The van der Waals surface area contributed by atoms with Gasteiger partial charge in [-0.2, -0.15) is 0 Å². The minimum absolute atomic E-state index is 0.0973. The van der Waals surface area contributed by atoms with Crippen LogP contribution in [0.3, 0.4) is 0 Å². The highest BCUT2D eigenvalue weighted by Crippen LogP contribution is 2.23. The lowest BCUT2D eigenvalue weighted by atomic mass is 10.6. The van der Waals surface area contributed by atoms with E-state index in [1.807, 2.05) is 29.5 Å². The lowest BCUT2D eigenvalue weighted by molar-refractivity contribution is 0.978. The molecule has 0 saturated heterocycles. The van der Waals surface area contributed by atoms with Gasteiger partial charge in [0.15, 0.2) is 0 Å². The van der Waals surface area contributed by atoms with Crippen molar-refractivity contribution in [1.82, 2.24) is 9.97 Å². The molecular formula is C7H8ClIN2OS. The third-order valence-corrected chi connectivity index (χ3v) is 4.41. The summed E-state index contributed by atoms with van der Waals surface area (Å²) in [5.41, 5.74) is -0.0973. The average molecular weight is 331 g/mol. The molecule has 0 amide bonds. The van der Waals surface area contributed by atoms with E-state index in [4.69, 9.17) is 11.6 Å². The summed E-state index contributed by atoms with van der Waals surface area (Å²) < 4.78 is 0.627. The summed E-state index contributed by atoms with van der Waals surface area (Å²) in [6.45, 7) is 2.00. The van der Waals surface area contributed by atoms with Gasteiger partial charge in [-0.15, -0.1) is 23.4 Å². The van der Waals surface area contributed by atoms with Gasteiger partial charge in [-0.1, -0.05) is 6.92 Å². The van der Waals surface area contributed by atoms with Gasteiger partial charge >= 0.3 is 0 Å². The highest BCUT2D eigenvalue weighted by Gasteiger charge is 2.09. The number of halogens is 2. The maximum atomic E-state index is 11.2. The van der Waals surface area contributed by atoms with Gasteiger partial charge in [-0.3, -0.25) is 4.79 Å². The van der Waals surface area contributed by atoms with Gasteiger partial charge in [-0.25, -0.2) is 4.98 Å². The Morgan fingerprint density at radius 1 is 1.85 bits per heavy atom. The van der Waals surface area contributed by atoms with E-state index in [0.717, 1.165) is 5.03 Å². The molecule has 72 valence electrons. The van der Waals surface area contributed by atoms with Gasteiger partial charge in [0.05, 0.1) is 6.33 Å². The highest BCUT2D eigenvalue weighted by atomic mass is 127. The van der Waals surface area contributed by atoms with Gasteiger partial charge < -0.3 is 4.98 Å². The molecule has 13 heavy (non-hydrogen) atoms. The Balaban J connectivity index is 2.89. The second-order valence-electron chi connectivity index (χ2n) is 2.43. The number of nitrogens with zero attached hydrogens (tertiary/aromatic N) is 1. The van der Waals surface area contributed by atoms with Crippen LogP contribution in [0.25, 0.3) is 0 Å². The molecule has 1 rings (SSSR count). The zero-order valence-corrected chi connectivity index (χ0v) is 10.6. The molecule has 1 unspecified atom stereocenters. The molecule has 1 heterocycles. The number of hydrogen-bond acceptors (Lipinski definition) is 3. The van der Waals surface area contributed by atoms with Crippen LogP contribution >= 0.6 is 46.0 Å². The Hall–Kier alpha value is 0.250. The van der Waals surface area contributed by atoms with Crippen molar-refractivity contribution >= 4 is 46.0 Å². The van der Waals surface area contributed by atoms with Crippen LogP contribution in [0.1, 0.15) is 6.92 Å². The minimum Gasteiger partial charge on any atom is -0.312 e. The SMILES string of the molecule is CC(CCl)Sc1nc[nH]c(=O)c1I. The van der Waals surface area contributed by atoms with E-state index in [-0.39, 0.29) is 10.8 Å². The van der Waals surface area contributed by atoms with Crippen molar-refractivity contribution < 1.29 is 0 Å². The van der Waals surface area contributed by atoms with Crippen molar-refractivity contribution in [3.63, 3.8) is 0 Å². The van der Waals surface area contributed by atoms with Crippen molar-refractivity contribution in [3.8, 4) is 0 Å². The number of rotatable bonds is 3. The fraction of sp³-hybridized carbons (Fsp3) is 0.429. The molecule has 0 aromatic carbocycles. The molecule has 0 aliphatic rings. The number of aromatic amines is 1. The Labute approximate surface area is 98.8 Å². The van der Waals surface area contributed by atoms with Crippen LogP contribution in [0.5, 0.6) is 0 Å². The molecule has 3 nitrogen and oxygen atoms in total. The largest absolute Gasteiger partial charge is 0.312 e.